The Morgan fingerprint density at radius 1 is 1.12 bits per heavy atom. The van der Waals surface area contributed by atoms with Crippen LogP contribution in [0.3, 0.4) is 0 Å². The zero-order valence-electron chi connectivity index (χ0n) is 14.1. The van der Waals surface area contributed by atoms with Gasteiger partial charge in [0.2, 0.25) is 5.88 Å². The van der Waals surface area contributed by atoms with Gasteiger partial charge in [0.1, 0.15) is 21.5 Å². The number of hydrogen-bond donors (Lipinski definition) is 1. The number of benzene rings is 2. The molecule has 3 rings (SSSR count). The summed E-state index contributed by atoms with van der Waals surface area (Å²) in [5.74, 6) is 0.420. The van der Waals surface area contributed by atoms with Gasteiger partial charge < -0.3 is 15.0 Å². The first kappa shape index (κ1) is 20.3. The van der Waals surface area contributed by atoms with E-state index in [1.54, 1.807) is 30.3 Å². The van der Waals surface area contributed by atoms with Crippen molar-refractivity contribution in [2.75, 3.05) is 12.8 Å². The Morgan fingerprint density at radius 3 is 2.38 bits per heavy atom. The fourth-order valence-corrected chi connectivity index (χ4v) is 3.01. The minimum Gasteiger partial charge on any atom is -0.744 e. The van der Waals surface area contributed by atoms with Gasteiger partial charge in [-0.2, -0.15) is 0 Å². The largest absolute Gasteiger partial charge is 1.00 e. The van der Waals surface area contributed by atoms with E-state index in [4.69, 9.17) is 10.5 Å². The molecule has 128 valence electrons. The Bertz CT molecular complexity index is 1070. The summed E-state index contributed by atoms with van der Waals surface area (Å²) < 4.78 is 39.6. The monoisotopic (exact) mass is 380 g/mol. The van der Waals surface area contributed by atoms with Crippen LogP contribution in [0, 0.1) is 0 Å². The molecule has 2 aromatic carbocycles. The van der Waals surface area contributed by atoms with Crippen LogP contribution in [0.25, 0.3) is 10.8 Å². The predicted octanol–water partition coefficient (Wildman–Crippen LogP) is 0.149. The number of nitrogens with two attached hydrogens (primary N) is 1. The number of rotatable bonds is 4. The van der Waals surface area contributed by atoms with Crippen LogP contribution in [-0.2, 0) is 10.1 Å². The number of methoxy groups -OCH3 is 1. The van der Waals surface area contributed by atoms with Crippen molar-refractivity contribution in [1.29, 1.82) is 0 Å². The van der Waals surface area contributed by atoms with Gasteiger partial charge in [-0.05, 0) is 12.1 Å². The first-order valence-corrected chi connectivity index (χ1v) is 8.50. The summed E-state index contributed by atoms with van der Waals surface area (Å²) in [5, 5.41) is 8.61. The number of azo groups is 1. The van der Waals surface area contributed by atoms with E-state index in [0.29, 0.717) is 17.0 Å². The first-order valence-electron chi connectivity index (χ1n) is 7.09. The summed E-state index contributed by atoms with van der Waals surface area (Å²) in [6.07, 6.45) is 1.44. The smallest absolute Gasteiger partial charge is 0.744 e. The van der Waals surface area contributed by atoms with Crippen molar-refractivity contribution in [2.45, 2.75) is 4.90 Å². The van der Waals surface area contributed by atoms with Crippen molar-refractivity contribution >= 4 is 38.0 Å². The van der Waals surface area contributed by atoms with Crippen LogP contribution in [0.2, 0.25) is 0 Å². The maximum atomic E-state index is 11.6. The fraction of sp³-hybridized carbons (Fsp3) is 0.0625. The molecule has 26 heavy (non-hydrogen) atoms. The van der Waals surface area contributed by atoms with Crippen LogP contribution in [0.5, 0.6) is 5.88 Å². The molecule has 0 fully saturated rings. The molecule has 1 aromatic heterocycles. The minimum absolute atomic E-state index is 0. The van der Waals surface area contributed by atoms with E-state index >= 15 is 0 Å². The molecule has 0 aliphatic rings. The second kappa shape index (κ2) is 8.11. The molecule has 10 heteroatoms. The van der Waals surface area contributed by atoms with E-state index in [1.807, 2.05) is 0 Å². The van der Waals surface area contributed by atoms with Gasteiger partial charge >= 0.3 is 29.6 Å². The summed E-state index contributed by atoms with van der Waals surface area (Å²) in [6.45, 7) is 0. The number of fused-ring (bicyclic) bond motifs is 1. The van der Waals surface area contributed by atoms with Crippen molar-refractivity contribution in [1.82, 2.24) is 4.98 Å². The van der Waals surface area contributed by atoms with Crippen molar-refractivity contribution < 1.29 is 47.3 Å². The Balaban J connectivity index is 0.00000243. The zero-order valence-corrected chi connectivity index (χ0v) is 16.9. The second-order valence-electron chi connectivity index (χ2n) is 5.07. The molecule has 2 N–H and O–H groups in total. The molecule has 0 spiro atoms. The topological polar surface area (TPSA) is 130 Å². The quantitative estimate of drug-likeness (QED) is 0.297. The fourth-order valence-electron chi connectivity index (χ4n) is 2.30. The van der Waals surface area contributed by atoms with Crippen LogP contribution in [-0.4, -0.2) is 25.1 Å². The summed E-state index contributed by atoms with van der Waals surface area (Å²) in [6, 6.07) is 10.8. The molecule has 0 aliphatic carbocycles. The van der Waals surface area contributed by atoms with Gasteiger partial charge in [0, 0.05) is 16.8 Å². The third kappa shape index (κ3) is 4.19. The molecular formula is C16H13N4NaO4S. The van der Waals surface area contributed by atoms with Crippen LogP contribution in [0.4, 0.5) is 17.1 Å². The molecule has 1 heterocycles. The number of ether oxygens (including phenoxy) is 1. The van der Waals surface area contributed by atoms with Crippen LogP contribution >= 0.6 is 0 Å². The van der Waals surface area contributed by atoms with Gasteiger partial charge in [-0.3, -0.25) is 0 Å². The molecule has 0 unspecified atom stereocenters. The standard InChI is InChI=1S/C16H14N4O4S.Na/c1-24-15-7-6-10(9-18-15)19-20-13-8-14(25(21,22)23)11-4-2-3-5-12(11)16(13)17;/h2-9H,17H2,1H3,(H,21,22,23);/q;+1/p-1. The summed E-state index contributed by atoms with van der Waals surface area (Å²) in [4.78, 5) is 3.60. The number of aromatic nitrogens is 1. The molecule has 0 saturated heterocycles. The number of hydrogen-bond acceptors (Lipinski definition) is 8. The van der Waals surface area contributed by atoms with Gasteiger partial charge in [0.05, 0.1) is 23.9 Å². The molecule has 3 aromatic rings. The van der Waals surface area contributed by atoms with Crippen molar-refractivity contribution in [3.05, 3.63) is 48.7 Å². The SMILES string of the molecule is COc1ccc(N=Nc2cc(S(=O)(=O)[O-])c3ccccc3c2N)cn1.[Na+]. The van der Waals surface area contributed by atoms with Gasteiger partial charge in [-0.25, -0.2) is 13.4 Å². The van der Waals surface area contributed by atoms with Crippen molar-refractivity contribution in [3.8, 4) is 5.88 Å². The average molecular weight is 380 g/mol. The number of pyridine rings is 1. The first-order chi connectivity index (χ1) is 11.9. The van der Waals surface area contributed by atoms with E-state index in [-0.39, 0.29) is 51.2 Å². The Hall–Kier alpha value is -2.04. The van der Waals surface area contributed by atoms with E-state index < -0.39 is 10.1 Å². The van der Waals surface area contributed by atoms with Gasteiger partial charge in [0.25, 0.3) is 0 Å². The summed E-state index contributed by atoms with van der Waals surface area (Å²) >= 11 is 0. The minimum atomic E-state index is -4.70. The normalized spacial score (nSPS) is 11.5. The Morgan fingerprint density at radius 2 is 1.81 bits per heavy atom. The molecule has 0 radical (unpaired) electrons. The van der Waals surface area contributed by atoms with Crippen LogP contribution in [0.15, 0.2) is 63.8 Å². The van der Waals surface area contributed by atoms with E-state index in [0.717, 1.165) is 6.07 Å². The van der Waals surface area contributed by atoms with Crippen molar-refractivity contribution in [3.63, 3.8) is 0 Å². The van der Waals surface area contributed by atoms with Crippen LogP contribution in [0.1, 0.15) is 0 Å². The predicted molar refractivity (Wildman–Crippen MR) is 91.3 cm³/mol. The van der Waals surface area contributed by atoms with Gasteiger partial charge in [-0.15, -0.1) is 10.2 Å². The van der Waals surface area contributed by atoms with Crippen molar-refractivity contribution in [2.24, 2.45) is 10.2 Å². The summed E-state index contributed by atoms with van der Waals surface area (Å²) in [5.41, 5.74) is 6.79. The van der Waals surface area contributed by atoms with E-state index in [2.05, 4.69) is 15.2 Å². The maximum Gasteiger partial charge on any atom is 1.00 e. The number of nitrogen functional groups attached to an aromatic ring is 1. The molecular weight excluding hydrogens is 367 g/mol. The molecule has 0 amide bonds. The zero-order chi connectivity index (χ0) is 18.0. The molecule has 0 saturated carbocycles. The maximum absolute atomic E-state index is 11.6. The second-order valence-corrected chi connectivity index (χ2v) is 6.41. The molecule has 8 nitrogen and oxygen atoms in total. The number of anilines is 1. The number of nitrogens with zero attached hydrogens (tertiary/aromatic N) is 3. The summed E-state index contributed by atoms with van der Waals surface area (Å²) in [7, 11) is -3.21. The molecule has 0 bridgehead atoms. The third-order valence-corrected chi connectivity index (χ3v) is 4.38. The average Bonchev–Trinajstić information content (AvgIpc) is 2.61. The Kier molecular flexibility index (Phi) is 6.32. The van der Waals surface area contributed by atoms with Gasteiger partial charge in [0.15, 0.2) is 0 Å². The molecule has 0 aliphatic heterocycles. The van der Waals surface area contributed by atoms with E-state index in [1.165, 1.54) is 19.4 Å². The Labute approximate surface area is 172 Å². The van der Waals surface area contributed by atoms with Crippen LogP contribution < -0.4 is 40.0 Å². The third-order valence-electron chi connectivity index (χ3n) is 3.50. The molecule has 0 atom stereocenters. The van der Waals surface area contributed by atoms with E-state index in [9.17, 15) is 13.0 Å². The van der Waals surface area contributed by atoms with Gasteiger partial charge in [-0.1, -0.05) is 24.3 Å².